The number of aromatic nitrogens is 3. The third-order valence-corrected chi connectivity index (χ3v) is 2.84. The normalized spacial score (nSPS) is 11.4. The Morgan fingerprint density at radius 2 is 2.11 bits per heavy atom. The molecule has 0 radical (unpaired) electrons. The van der Waals surface area contributed by atoms with Crippen molar-refractivity contribution < 1.29 is 4.79 Å². The lowest BCUT2D eigenvalue weighted by Gasteiger charge is -2.14. The van der Waals surface area contributed by atoms with Gasteiger partial charge < -0.3 is 5.32 Å². The molecule has 6 heteroatoms. The summed E-state index contributed by atoms with van der Waals surface area (Å²) >= 11 is 5.67. The Morgan fingerprint density at radius 1 is 1.37 bits per heavy atom. The number of aromatic amines is 1. The zero-order valence-electron chi connectivity index (χ0n) is 11.0. The topological polar surface area (TPSA) is 70.7 Å². The maximum Gasteiger partial charge on any atom is 0.258 e. The van der Waals surface area contributed by atoms with E-state index in [4.69, 9.17) is 11.6 Å². The second kappa shape index (κ2) is 5.01. The van der Waals surface area contributed by atoms with Gasteiger partial charge in [0.1, 0.15) is 5.15 Å². The Morgan fingerprint density at radius 3 is 2.63 bits per heavy atom. The first-order valence-corrected chi connectivity index (χ1v) is 6.23. The highest BCUT2D eigenvalue weighted by atomic mass is 35.5. The Bertz CT molecular complexity index is 583. The molecule has 0 aliphatic rings. The van der Waals surface area contributed by atoms with Crippen LogP contribution in [0, 0.1) is 0 Å². The quantitative estimate of drug-likeness (QED) is 0.830. The lowest BCUT2D eigenvalue weighted by Crippen LogP contribution is -2.12. The van der Waals surface area contributed by atoms with Crippen molar-refractivity contribution in [3.8, 4) is 0 Å². The van der Waals surface area contributed by atoms with E-state index in [0.717, 1.165) is 5.69 Å². The maximum absolute atomic E-state index is 11.9. The van der Waals surface area contributed by atoms with Crippen LogP contribution in [0.15, 0.2) is 24.4 Å². The van der Waals surface area contributed by atoms with Gasteiger partial charge in [-0.1, -0.05) is 32.4 Å². The van der Waals surface area contributed by atoms with E-state index in [9.17, 15) is 4.79 Å². The first-order valence-electron chi connectivity index (χ1n) is 5.85. The van der Waals surface area contributed by atoms with E-state index in [-0.39, 0.29) is 11.3 Å². The summed E-state index contributed by atoms with van der Waals surface area (Å²) in [6.45, 7) is 6.19. The molecule has 5 nitrogen and oxygen atoms in total. The molecule has 0 saturated heterocycles. The molecule has 2 aromatic heterocycles. The molecule has 1 amide bonds. The van der Waals surface area contributed by atoms with Crippen molar-refractivity contribution in [3.05, 3.63) is 40.8 Å². The second-order valence-corrected chi connectivity index (χ2v) is 5.63. The molecule has 0 spiro atoms. The van der Waals surface area contributed by atoms with Gasteiger partial charge in [-0.05, 0) is 12.1 Å². The fourth-order valence-electron chi connectivity index (χ4n) is 1.47. The molecule has 0 aliphatic heterocycles. The third-order valence-electron chi connectivity index (χ3n) is 2.62. The van der Waals surface area contributed by atoms with Crippen LogP contribution in [0.1, 0.15) is 36.8 Å². The summed E-state index contributed by atoms with van der Waals surface area (Å²) in [4.78, 5) is 15.8. The number of H-pyrrole nitrogens is 1. The van der Waals surface area contributed by atoms with Gasteiger partial charge in [0.15, 0.2) is 5.82 Å². The zero-order chi connectivity index (χ0) is 14.0. The minimum atomic E-state index is -0.267. The number of halogens is 1. The molecular formula is C13H15ClN4O. The second-order valence-electron chi connectivity index (χ2n) is 5.24. The highest BCUT2D eigenvalue weighted by Gasteiger charge is 2.17. The molecule has 0 aliphatic carbocycles. The summed E-state index contributed by atoms with van der Waals surface area (Å²) < 4.78 is 0. The molecule has 0 fully saturated rings. The molecule has 0 saturated carbocycles. The first kappa shape index (κ1) is 13.5. The molecule has 0 unspecified atom stereocenters. The van der Waals surface area contributed by atoms with Gasteiger partial charge in [-0.15, -0.1) is 0 Å². The van der Waals surface area contributed by atoms with E-state index in [1.807, 2.05) is 6.07 Å². The Labute approximate surface area is 116 Å². The van der Waals surface area contributed by atoms with E-state index in [1.54, 1.807) is 12.1 Å². The molecule has 2 rings (SSSR count). The first-order chi connectivity index (χ1) is 8.86. The van der Waals surface area contributed by atoms with Crippen molar-refractivity contribution in [2.75, 3.05) is 5.32 Å². The average Bonchev–Trinajstić information content (AvgIpc) is 2.78. The minimum absolute atomic E-state index is 0.0438. The lowest BCUT2D eigenvalue weighted by atomic mass is 9.92. The van der Waals surface area contributed by atoms with Crippen molar-refractivity contribution in [3.63, 3.8) is 0 Å². The number of hydrogen-bond acceptors (Lipinski definition) is 3. The summed E-state index contributed by atoms with van der Waals surface area (Å²) in [6.07, 6.45) is 1.43. The summed E-state index contributed by atoms with van der Waals surface area (Å²) in [5, 5.41) is 10.0. The van der Waals surface area contributed by atoms with Gasteiger partial charge >= 0.3 is 0 Å². The van der Waals surface area contributed by atoms with Crippen LogP contribution >= 0.6 is 11.6 Å². The number of nitrogens with zero attached hydrogens (tertiary/aromatic N) is 2. The number of carbonyl (C=O) groups is 1. The summed E-state index contributed by atoms with van der Waals surface area (Å²) in [6, 6.07) is 5.00. The van der Waals surface area contributed by atoms with E-state index in [2.05, 4.69) is 41.3 Å². The molecule has 2 N–H and O–H groups in total. The van der Waals surface area contributed by atoms with Crippen LogP contribution in [0.3, 0.4) is 0 Å². The highest BCUT2D eigenvalue weighted by Crippen LogP contribution is 2.22. The maximum atomic E-state index is 11.9. The monoisotopic (exact) mass is 278 g/mol. The van der Waals surface area contributed by atoms with E-state index in [0.29, 0.717) is 16.5 Å². The van der Waals surface area contributed by atoms with Crippen molar-refractivity contribution in [2.45, 2.75) is 26.2 Å². The number of carbonyl (C=O) groups excluding carboxylic acids is 1. The van der Waals surface area contributed by atoms with E-state index < -0.39 is 0 Å². The predicted molar refractivity (Wildman–Crippen MR) is 74.5 cm³/mol. The van der Waals surface area contributed by atoms with Crippen molar-refractivity contribution in [2.24, 2.45) is 0 Å². The van der Waals surface area contributed by atoms with Gasteiger partial charge in [0.05, 0.1) is 5.56 Å². The minimum Gasteiger partial charge on any atom is -0.305 e. The van der Waals surface area contributed by atoms with Crippen LogP contribution in [0.5, 0.6) is 0 Å². The van der Waals surface area contributed by atoms with Gasteiger partial charge in [-0.3, -0.25) is 9.89 Å². The predicted octanol–water partition coefficient (Wildman–Crippen LogP) is 3.01. The lowest BCUT2D eigenvalue weighted by molar-refractivity contribution is 0.102. The van der Waals surface area contributed by atoms with Crippen LogP contribution in [-0.4, -0.2) is 21.1 Å². The fourth-order valence-corrected chi connectivity index (χ4v) is 1.58. The molecule has 100 valence electrons. The van der Waals surface area contributed by atoms with Gasteiger partial charge in [0.2, 0.25) is 0 Å². The average molecular weight is 279 g/mol. The molecule has 0 atom stereocenters. The van der Waals surface area contributed by atoms with E-state index in [1.165, 1.54) is 6.20 Å². The van der Waals surface area contributed by atoms with Gasteiger partial charge in [0.25, 0.3) is 5.91 Å². The van der Waals surface area contributed by atoms with E-state index >= 15 is 0 Å². The zero-order valence-corrected chi connectivity index (χ0v) is 11.7. The molecule has 19 heavy (non-hydrogen) atoms. The molecule has 2 aromatic rings. The van der Waals surface area contributed by atoms with Crippen molar-refractivity contribution in [1.29, 1.82) is 0 Å². The number of hydrogen-bond donors (Lipinski definition) is 2. The van der Waals surface area contributed by atoms with Gasteiger partial charge in [-0.25, -0.2) is 4.98 Å². The number of rotatable bonds is 2. The van der Waals surface area contributed by atoms with Crippen molar-refractivity contribution in [1.82, 2.24) is 15.2 Å². The van der Waals surface area contributed by atoms with Gasteiger partial charge in [-0.2, -0.15) is 5.10 Å². The fraction of sp³-hybridized carbons (Fsp3) is 0.308. The SMILES string of the molecule is CC(C)(C)c1cc(NC(=O)c2ccc(Cl)nc2)n[nH]1. The molecule has 0 aromatic carbocycles. The highest BCUT2D eigenvalue weighted by molar-refractivity contribution is 6.29. The number of anilines is 1. The van der Waals surface area contributed by atoms with Crippen LogP contribution in [-0.2, 0) is 5.41 Å². The number of nitrogens with one attached hydrogen (secondary N) is 2. The van der Waals surface area contributed by atoms with Crippen molar-refractivity contribution >= 4 is 23.3 Å². The standard InChI is InChI=1S/C13H15ClN4O/c1-13(2,3)9-6-11(18-17-9)16-12(19)8-4-5-10(14)15-7-8/h4-7H,1-3H3,(H2,16,17,18,19). The Balaban J connectivity index is 2.11. The third kappa shape index (κ3) is 3.32. The largest absolute Gasteiger partial charge is 0.305 e. The molecule has 2 heterocycles. The summed E-state index contributed by atoms with van der Waals surface area (Å²) in [5.41, 5.74) is 1.35. The number of pyridine rings is 1. The van der Waals surface area contributed by atoms with Crippen LogP contribution < -0.4 is 5.32 Å². The number of amides is 1. The summed E-state index contributed by atoms with van der Waals surface area (Å²) in [5.74, 6) is 0.223. The molecule has 0 bridgehead atoms. The van der Waals surface area contributed by atoms with Gasteiger partial charge in [0, 0.05) is 23.4 Å². The Hall–Kier alpha value is -1.88. The van der Waals surface area contributed by atoms with Crippen LogP contribution in [0.2, 0.25) is 5.15 Å². The van der Waals surface area contributed by atoms with Crippen LogP contribution in [0.25, 0.3) is 0 Å². The van der Waals surface area contributed by atoms with Crippen LogP contribution in [0.4, 0.5) is 5.82 Å². The smallest absolute Gasteiger partial charge is 0.258 e. The Kier molecular flexibility index (Phi) is 3.57. The molecular weight excluding hydrogens is 264 g/mol. The summed E-state index contributed by atoms with van der Waals surface area (Å²) in [7, 11) is 0.